The van der Waals surface area contributed by atoms with E-state index in [9.17, 15) is 17.6 Å². The second kappa shape index (κ2) is 7.40. The van der Waals surface area contributed by atoms with Gasteiger partial charge in [0.1, 0.15) is 5.82 Å². The van der Waals surface area contributed by atoms with E-state index in [4.69, 9.17) is 0 Å². The van der Waals surface area contributed by atoms with Crippen LogP contribution in [0.15, 0.2) is 48.5 Å². The maximum atomic E-state index is 13.9. The van der Waals surface area contributed by atoms with E-state index in [1.165, 1.54) is 12.1 Å². The van der Waals surface area contributed by atoms with Gasteiger partial charge in [0, 0.05) is 12.2 Å². The molecule has 138 valence electrons. The van der Waals surface area contributed by atoms with Crippen molar-refractivity contribution in [2.45, 2.75) is 12.3 Å². The quantitative estimate of drug-likeness (QED) is 0.633. The molecule has 2 atom stereocenters. The van der Waals surface area contributed by atoms with Crippen LogP contribution < -0.4 is 20.9 Å². The lowest BCUT2D eigenvalue weighted by Crippen LogP contribution is -2.45. The largest absolute Gasteiger partial charge is 0.323 e. The topological polar surface area (TPSA) is 99.3 Å². The van der Waals surface area contributed by atoms with Crippen LogP contribution in [-0.4, -0.2) is 26.2 Å². The molecule has 0 aliphatic carbocycles. The van der Waals surface area contributed by atoms with Crippen LogP contribution in [-0.2, 0) is 14.8 Å². The molecule has 2 aromatic rings. The summed E-state index contributed by atoms with van der Waals surface area (Å²) in [5.41, 5.74) is 6.41. The first-order chi connectivity index (χ1) is 12.4. The van der Waals surface area contributed by atoms with Gasteiger partial charge in [0.05, 0.1) is 11.6 Å². The summed E-state index contributed by atoms with van der Waals surface area (Å²) < 4.78 is 41.6. The zero-order chi connectivity index (χ0) is 18.7. The number of amides is 1. The number of anilines is 2. The van der Waals surface area contributed by atoms with Gasteiger partial charge in [-0.05, 0) is 36.8 Å². The summed E-state index contributed by atoms with van der Waals surface area (Å²) >= 11 is 0. The van der Waals surface area contributed by atoms with Crippen LogP contribution in [0.3, 0.4) is 0 Å². The van der Waals surface area contributed by atoms with Gasteiger partial charge in [-0.2, -0.15) is 0 Å². The first kappa shape index (κ1) is 18.3. The van der Waals surface area contributed by atoms with E-state index in [0.29, 0.717) is 5.69 Å². The molecule has 2 aromatic carbocycles. The Balaban J connectivity index is 1.75. The lowest BCUT2D eigenvalue weighted by Gasteiger charge is -2.19. The number of sulfonamides is 1. The number of hydrogen-bond donors (Lipinski definition) is 4. The summed E-state index contributed by atoms with van der Waals surface area (Å²) in [5.74, 6) is -2.09. The van der Waals surface area contributed by atoms with Crippen molar-refractivity contribution in [3.05, 3.63) is 59.9 Å². The van der Waals surface area contributed by atoms with Crippen molar-refractivity contribution in [2.75, 3.05) is 16.6 Å². The van der Waals surface area contributed by atoms with Gasteiger partial charge in [0.2, 0.25) is 5.91 Å². The van der Waals surface area contributed by atoms with E-state index in [2.05, 4.69) is 20.9 Å². The smallest absolute Gasteiger partial charge is 0.250 e. The normalized spacial score (nSPS) is 19.9. The number of hydrazine groups is 1. The third-order valence-electron chi connectivity index (χ3n) is 4.02. The maximum Gasteiger partial charge on any atom is 0.250 e. The lowest BCUT2D eigenvalue weighted by atomic mass is 10.1. The summed E-state index contributed by atoms with van der Waals surface area (Å²) in [6, 6.07) is 12.8. The summed E-state index contributed by atoms with van der Waals surface area (Å²) in [7, 11) is -3.89. The number of nitrogens with one attached hydrogen (secondary N) is 4. The van der Waals surface area contributed by atoms with Crippen LogP contribution in [0.25, 0.3) is 0 Å². The van der Waals surface area contributed by atoms with E-state index >= 15 is 0 Å². The average molecular weight is 378 g/mol. The SMILES string of the molecule is Cc1ccc(NC(=O)C2CNNC2S(=O)(=O)Nc2ccccc2)c(F)c1. The van der Waals surface area contributed by atoms with Gasteiger partial charge in [-0.3, -0.25) is 14.9 Å². The molecule has 1 aliphatic heterocycles. The Morgan fingerprint density at radius 1 is 1.19 bits per heavy atom. The molecule has 2 unspecified atom stereocenters. The molecule has 26 heavy (non-hydrogen) atoms. The number of para-hydroxylation sites is 1. The summed E-state index contributed by atoms with van der Waals surface area (Å²) in [5, 5.41) is 1.26. The van der Waals surface area contributed by atoms with Crippen LogP contribution in [0.2, 0.25) is 0 Å². The molecular formula is C17H19FN4O3S. The predicted octanol–water partition coefficient (Wildman–Crippen LogP) is 1.56. The molecule has 3 rings (SSSR count). The fourth-order valence-corrected chi connectivity index (χ4v) is 4.16. The van der Waals surface area contributed by atoms with Gasteiger partial charge < -0.3 is 5.32 Å². The highest BCUT2D eigenvalue weighted by Gasteiger charge is 2.42. The Bertz CT molecular complexity index is 905. The Kier molecular flexibility index (Phi) is 5.21. The standard InChI is InChI=1S/C17H19FN4O3S/c1-11-7-8-15(14(18)9-11)20-16(23)13-10-19-21-17(13)26(24,25)22-12-5-3-2-4-6-12/h2-9,13,17,19,21-22H,10H2,1H3,(H,20,23). The third kappa shape index (κ3) is 4.01. The van der Waals surface area contributed by atoms with Crippen molar-refractivity contribution in [3.8, 4) is 0 Å². The molecule has 0 radical (unpaired) electrons. The second-order valence-electron chi connectivity index (χ2n) is 6.04. The zero-order valence-corrected chi connectivity index (χ0v) is 14.8. The summed E-state index contributed by atoms with van der Waals surface area (Å²) in [6.07, 6.45) is 0. The van der Waals surface area contributed by atoms with Gasteiger partial charge in [0.25, 0.3) is 10.0 Å². The van der Waals surface area contributed by atoms with Crippen molar-refractivity contribution >= 4 is 27.3 Å². The average Bonchev–Trinajstić information content (AvgIpc) is 3.09. The molecule has 0 aromatic heterocycles. The molecule has 1 saturated heterocycles. The van der Waals surface area contributed by atoms with Crippen LogP contribution in [0.4, 0.5) is 15.8 Å². The molecule has 1 heterocycles. The van der Waals surface area contributed by atoms with Gasteiger partial charge >= 0.3 is 0 Å². The highest BCUT2D eigenvalue weighted by molar-refractivity contribution is 7.93. The lowest BCUT2D eigenvalue weighted by molar-refractivity contribution is -0.119. The van der Waals surface area contributed by atoms with Crippen molar-refractivity contribution in [2.24, 2.45) is 5.92 Å². The van der Waals surface area contributed by atoms with Gasteiger partial charge in [-0.1, -0.05) is 24.3 Å². The number of hydrogen-bond acceptors (Lipinski definition) is 5. The number of carbonyl (C=O) groups excluding carboxylic acids is 1. The van der Waals surface area contributed by atoms with Crippen LogP contribution in [0.1, 0.15) is 5.56 Å². The fraction of sp³-hybridized carbons (Fsp3) is 0.235. The molecule has 0 spiro atoms. The van der Waals surface area contributed by atoms with E-state index in [-0.39, 0.29) is 12.2 Å². The summed E-state index contributed by atoms with van der Waals surface area (Å²) in [6.45, 7) is 1.83. The van der Waals surface area contributed by atoms with Crippen LogP contribution in [0.5, 0.6) is 0 Å². The van der Waals surface area contributed by atoms with Crippen molar-refractivity contribution in [3.63, 3.8) is 0 Å². The van der Waals surface area contributed by atoms with Crippen molar-refractivity contribution in [1.82, 2.24) is 10.9 Å². The Labute approximate surface area is 151 Å². The minimum Gasteiger partial charge on any atom is -0.323 e. The number of aryl methyl sites for hydroxylation is 1. The molecule has 1 aliphatic rings. The second-order valence-corrected chi connectivity index (χ2v) is 7.84. The first-order valence-corrected chi connectivity index (χ1v) is 9.53. The molecule has 9 heteroatoms. The number of benzene rings is 2. The molecule has 7 nitrogen and oxygen atoms in total. The van der Waals surface area contributed by atoms with Gasteiger partial charge in [0.15, 0.2) is 5.37 Å². The van der Waals surface area contributed by atoms with E-state index in [1.807, 2.05) is 0 Å². The number of rotatable bonds is 5. The minimum atomic E-state index is -3.89. The zero-order valence-electron chi connectivity index (χ0n) is 14.0. The van der Waals surface area contributed by atoms with Crippen LogP contribution in [0, 0.1) is 18.7 Å². The maximum absolute atomic E-state index is 13.9. The van der Waals surface area contributed by atoms with Gasteiger partial charge in [-0.15, -0.1) is 0 Å². The molecule has 0 bridgehead atoms. The number of carbonyl (C=O) groups is 1. The molecule has 4 N–H and O–H groups in total. The highest BCUT2D eigenvalue weighted by atomic mass is 32.2. The fourth-order valence-electron chi connectivity index (χ4n) is 2.68. The van der Waals surface area contributed by atoms with Crippen LogP contribution >= 0.6 is 0 Å². The molecule has 0 saturated carbocycles. The first-order valence-electron chi connectivity index (χ1n) is 7.99. The van der Waals surface area contributed by atoms with E-state index < -0.39 is 33.0 Å². The summed E-state index contributed by atoms with van der Waals surface area (Å²) in [4.78, 5) is 12.5. The predicted molar refractivity (Wildman–Crippen MR) is 97.2 cm³/mol. The van der Waals surface area contributed by atoms with E-state index in [0.717, 1.165) is 5.56 Å². The van der Waals surface area contributed by atoms with E-state index in [1.54, 1.807) is 43.3 Å². The Hall–Kier alpha value is -2.49. The molecular weight excluding hydrogens is 359 g/mol. The van der Waals surface area contributed by atoms with Crippen molar-refractivity contribution in [1.29, 1.82) is 0 Å². The molecule has 1 amide bonds. The van der Waals surface area contributed by atoms with Crippen molar-refractivity contribution < 1.29 is 17.6 Å². The molecule has 1 fully saturated rings. The Morgan fingerprint density at radius 3 is 2.62 bits per heavy atom. The van der Waals surface area contributed by atoms with Gasteiger partial charge in [-0.25, -0.2) is 18.2 Å². The highest BCUT2D eigenvalue weighted by Crippen LogP contribution is 2.21. The number of halogens is 1. The Morgan fingerprint density at radius 2 is 1.92 bits per heavy atom. The third-order valence-corrected chi connectivity index (χ3v) is 5.65. The minimum absolute atomic E-state index is 0.0136. The monoisotopic (exact) mass is 378 g/mol.